The molecule has 0 bridgehead atoms. The van der Waals surface area contributed by atoms with Crippen LogP contribution in [0.25, 0.3) is 10.7 Å². The highest BCUT2D eigenvalue weighted by atomic mass is 32.1. The van der Waals surface area contributed by atoms with Gasteiger partial charge in [0.05, 0.1) is 17.4 Å². The Labute approximate surface area is 97.9 Å². The first kappa shape index (κ1) is 9.99. The molecular weight excluding hydrogens is 220 g/mol. The smallest absolute Gasteiger partial charge is 0.141 e. The maximum absolute atomic E-state index is 6.30. The lowest BCUT2D eigenvalue weighted by atomic mass is 9.97. The zero-order chi connectivity index (χ0) is 11.2. The lowest BCUT2D eigenvalue weighted by molar-refractivity contribution is 0.404. The number of nitrogens with two attached hydrogens (primary N) is 1. The summed E-state index contributed by atoms with van der Waals surface area (Å²) in [6.07, 6.45) is 6.03. The van der Waals surface area contributed by atoms with E-state index in [1.807, 2.05) is 11.6 Å². The summed E-state index contributed by atoms with van der Waals surface area (Å²) in [5.74, 6) is 1.45. The molecule has 2 aromatic heterocycles. The van der Waals surface area contributed by atoms with Crippen molar-refractivity contribution in [2.24, 2.45) is 11.7 Å². The van der Waals surface area contributed by atoms with E-state index < -0.39 is 0 Å². The lowest BCUT2D eigenvalue weighted by Crippen LogP contribution is -2.36. The molecule has 3 rings (SSSR count). The summed E-state index contributed by atoms with van der Waals surface area (Å²) in [4.78, 5) is 11.9. The van der Waals surface area contributed by atoms with Crippen LogP contribution in [0.15, 0.2) is 17.8 Å². The standard InChI is InChI=1S/C11H14N4S/c1-11(12,7-2-3-7)10-14-6-8(15-10)9-13-4-5-16-9/h4-7H,2-3,12H2,1H3,(H,14,15). The molecule has 0 radical (unpaired) electrons. The summed E-state index contributed by atoms with van der Waals surface area (Å²) in [6, 6.07) is 0. The highest BCUT2D eigenvalue weighted by Crippen LogP contribution is 2.43. The molecule has 16 heavy (non-hydrogen) atoms. The SMILES string of the molecule is CC(N)(c1ncc(-c2nccs2)[nH]1)C1CC1. The van der Waals surface area contributed by atoms with Crippen LogP contribution in [0.3, 0.4) is 0 Å². The third kappa shape index (κ3) is 1.56. The number of hydrogen-bond acceptors (Lipinski definition) is 4. The fraction of sp³-hybridized carbons (Fsp3) is 0.455. The van der Waals surface area contributed by atoms with E-state index in [0.29, 0.717) is 5.92 Å². The van der Waals surface area contributed by atoms with Crippen molar-refractivity contribution < 1.29 is 0 Å². The van der Waals surface area contributed by atoms with Crippen molar-refractivity contribution in [3.63, 3.8) is 0 Å². The zero-order valence-corrected chi connectivity index (χ0v) is 9.92. The number of aromatic amines is 1. The molecule has 0 saturated heterocycles. The van der Waals surface area contributed by atoms with E-state index >= 15 is 0 Å². The predicted octanol–water partition coefficient (Wildman–Crippen LogP) is 2.12. The van der Waals surface area contributed by atoms with Crippen LogP contribution in [-0.2, 0) is 5.54 Å². The number of nitrogens with one attached hydrogen (secondary N) is 1. The maximum atomic E-state index is 6.30. The Morgan fingerprint density at radius 2 is 2.31 bits per heavy atom. The lowest BCUT2D eigenvalue weighted by Gasteiger charge is -2.21. The van der Waals surface area contributed by atoms with Gasteiger partial charge in [0.25, 0.3) is 0 Å². The van der Waals surface area contributed by atoms with Gasteiger partial charge in [-0.25, -0.2) is 9.97 Å². The van der Waals surface area contributed by atoms with Gasteiger partial charge in [-0.05, 0) is 25.7 Å². The fourth-order valence-corrected chi connectivity index (χ4v) is 2.54. The summed E-state index contributed by atoms with van der Waals surface area (Å²) in [7, 11) is 0. The van der Waals surface area contributed by atoms with Crippen molar-refractivity contribution in [1.82, 2.24) is 15.0 Å². The van der Waals surface area contributed by atoms with Crippen LogP contribution in [0.5, 0.6) is 0 Å². The van der Waals surface area contributed by atoms with E-state index in [-0.39, 0.29) is 5.54 Å². The van der Waals surface area contributed by atoms with Gasteiger partial charge in [-0.3, -0.25) is 0 Å². The molecule has 84 valence electrons. The molecule has 2 heterocycles. The van der Waals surface area contributed by atoms with E-state index in [1.54, 1.807) is 17.5 Å². The third-order valence-corrected chi connectivity index (χ3v) is 3.98. The van der Waals surface area contributed by atoms with Gasteiger partial charge in [-0.1, -0.05) is 0 Å². The first-order chi connectivity index (χ1) is 7.68. The van der Waals surface area contributed by atoms with Crippen LogP contribution >= 0.6 is 11.3 Å². The Bertz CT molecular complexity index is 482. The minimum absolute atomic E-state index is 0.324. The molecule has 1 aliphatic rings. The van der Waals surface area contributed by atoms with Crippen LogP contribution in [0.4, 0.5) is 0 Å². The first-order valence-electron chi connectivity index (χ1n) is 5.42. The highest BCUT2D eigenvalue weighted by molar-refractivity contribution is 7.13. The predicted molar refractivity (Wildman–Crippen MR) is 64.0 cm³/mol. The molecule has 1 unspecified atom stereocenters. The van der Waals surface area contributed by atoms with E-state index in [9.17, 15) is 0 Å². The van der Waals surface area contributed by atoms with Gasteiger partial charge in [0.15, 0.2) is 0 Å². The summed E-state index contributed by atoms with van der Waals surface area (Å²) in [5.41, 5.74) is 6.94. The Kier molecular flexibility index (Phi) is 2.12. The summed E-state index contributed by atoms with van der Waals surface area (Å²) < 4.78 is 0. The molecule has 1 atom stereocenters. The van der Waals surface area contributed by atoms with Crippen LogP contribution < -0.4 is 5.73 Å². The number of rotatable bonds is 3. The molecule has 0 aromatic carbocycles. The maximum Gasteiger partial charge on any atom is 0.141 e. The Balaban J connectivity index is 1.93. The van der Waals surface area contributed by atoms with Gasteiger partial charge in [0, 0.05) is 11.6 Å². The highest BCUT2D eigenvalue weighted by Gasteiger charge is 2.41. The number of aromatic nitrogens is 3. The molecule has 1 saturated carbocycles. The Morgan fingerprint density at radius 3 is 2.94 bits per heavy atom. The minimum Gasteiger partial charge on any atom is -0.338 e. The van der Waals surface area contributed by atoms with Gasteiger partial charge < -0.3 is 10.7 Å². The van der Waals surface area contributed by atoms with E-state index in [1.165, 1.54) is 12.8 Å². The molecule has 0 amide bonds. The largest absolute Gasteiger partial charge is 0.338 e. The molecule has 3 N–H and O–H groups in total. The topological polar surface area (TPSA) is 67.6 Å². The van der Waals surface area contributed by atoms with Crippen LogP contribution in [-0.4, -0.2) is 15.0 Å². The Hall–Kier alpha value is -1.20. The van der Waals surface area contributed by atoms with Crippen molar-refractivity contribution in [2.75, 3.05) is 0 Å². The molecule has 0 spiro atoms. The number of nitrogens with zero attached hydrogens (tertiary/aromatic N) is 2. The van der Waals surface area contributed by atoms with Gasteiger partial charge in [0.1, 0.15) is 10.8 Å². The third-order valence-electron chi connectivity index (χ3n) is 3.17. The summed E-state index contributed by atoms with van der Waals surface area (Å²) in [6.45, 7) is 2.05. The second kappa shape index (κ2) is 3.40. The molecule has 4 nitrogen and oxygen atoms in total. The molecule has 5 heteroatoms. The summed E-state index contributed by atoms with van der Waals surface area (Å²) in [5, 5.41) is 2.92. The monoisotopic (exact) mass is 234 g/mol. The molecule has 0 aliphatic heterocycles. The number of thiazole rings is 1. The van der Waals surface area contributed by atoms with Crippen LogP contribution in [0.2, 0.25) is 0 Å². The normalized spacial score (nSPS) is 19.6. The van der Waals surface area contributed by atoms with Crippen molar-refractivity contribution in [3.8, 4) is 10.7 Å². The van der Waals surface area contributed by atoms with Gasteiger partial charge >= 0.3 is 0 Å². The van der Waals surface area contributed by atoms with Crippen molar-refractivity contribution >= 4 is 11.3 Å². The molecular formula is C11H14N4S. The van der Waals surface area contributed by atoms with Gasteiger partial charge in [0.2, 0.25) is 0 Å². The fourth-order valence-electron chi connectivity index (χ4n) is 1.94. The number of imidazole rings is 1. The van der Waals surface area contributed by atoms with Crippen molar-refractivity contribution in [2.45, 2.75) is 25.3 Å². The quantitative estimate of drug-likeness (QED) is 0.854. The molecule has 2 aromatic rings. The average Bonchev–Trinajstić information content (AvgIpc) is 2.82. The van der Waals surface area contributed by atoms with Crippen molar-refractivity contribution in [1.29, 1.82) is 0 Å². The van der Waals surface area contributed by atoms with Gasteiger partial charge in [-0.15, -0.1) is 11.3 Å². The van der Waals surface area contributed by atoms with E-state index in [4.69, 9.17) is 5.73 Å². The van der Waals surface area contributed by atoms with Gasteiger partial charge in [-0.2, -0.15) is 0 Å². The molecule has 1 fully saturated rings. The van der Waals surface area contributed by atoms with E-state index in [2.05, 4.69) is 21.9 Å². The zero-order valence-electron chi connectivity index (χ0n) is 9.10. The first-order valence-corrected chi connectivity index (χ1v) is 6.30. The molecule has 1 aliphatic carbocycles. The summed E-state index contributed by atoms with van der Waals surface area (Å²) >= 11 is 1.60. The average molecular weight is 234 g/mol. The van der Waals surface area contributed by atoms with Crippen LogP contribution in [0.1, 0.15) is 25.6 Å². The Morgan fingerprint density at radius 1 is 1.50 bits per heavy atom. The van der Waals surface area contributed by atoms with Crippen LogP contribution in [0, 0.1) is 5.92 Å². The van der Waals surface area contributed by atoms with Crippen molar-refractivity contribution in [3.05, 3.63) is 23.6 Å². The second-order valence-corrected chi connectivity index (χ2v) is 5.43. The van der Waals surface area contributed by atoms with E-state index in [0.717, 1.165) is 16.5 Å². The minimum atomic E-state index is -0.324. The number of H-pyrrole nitrogens is 1. The number of hydrogen-bond donors (Lipinski definition) is 2. The second-order valence-electron chi connectivity index (χ2n) is 4.54.